The van der Waals surface area contributed by atoms with Gasteiger partial charge in [0.25, 0.3) is 5.91 Å². The second-order valence-corrected chi connectivity index (χ2v) is 8.10. The molecule has 6 heteroatoms. The Morgan fingerprint density at radius 3 is 2.54 bits per heavy atom. The number of hydrogen-bond acceptors (Lipinski definition) is 4. The molecule has 1 aliphatic carbocycles. The lowest BCUT2D eigenvalue weighted by Gasteiger charge is -2.37. The minimum absolute atomic E-state index is 0.102. The van der Waals surface area contributed by atoms with Crippen molar-refractivity contribution >= 4 is 11.9 Å². The Bertz CT molecular complexity index is 490. The molecule has 3 aliphatic rings. The number of aliphatic hydroxyl groups excluding tert-OH is 1. The first-order chi connectivity index (χ1) is 11.4. The number of urea groups is 1. The summed E-state index contributed by atoms with van der Waals surface area (Å²) in [5.41, 5.74) is -0.727. The van der Waals surface area contributed by atoms with Crippen LogP contribution < -0.4 is 5.32 Å². The van der Waals surface area contributed by atoms with Gasteiger partial charge in [-0.1, -0.05) is 26.7 Å². The molecule has 2 heterocycles. The first kappa shape index (κ1) is 17.7. The third kappa shape index (κ3) is 3.31. The zero-order valence-corrected chi connectivity index (χ0v) is 15.0. The van der Waals surface area contributed by atoms with Crippen LogP contribution in [0, 0.1) is 11.8 Å². The monoisotopic (exact) mass is 337 g/mol. The number of imide groups is 1. The average Bonchev–Trinajstić information content (AvgIpc) is 2.78. The Balaban J connectivity index is 1.58. The van der Waals surface area contributed by atoms with Crippen LogP contribution in [0.15, 0.2) is 0 Å². The standard InChI is InChI=1S/C18H31N3O3/c1-13-6-9-20(10-7-13)11-15(22)12-21-16(23)18(19-17(21)24)8-4-3-5-14(18)2/h13-15,22H,3-12H2,1-2H3,(H,19,24)/t14-,15-,18+/m0/s1. The molecule has 0 aromatic heterocycles. The largest absolute Gasteiger partial charge is 0.390 e. The summed E-state index contributed by atoms with van der Waals surface area (Å²) >= 11 is 0. The maximum absolute atomic E-state index is 12.9. The van der Waals surface area contributed by atoms with E-state index < -0.39 is 11.6 Å². The second-order valence-electron chi connectivity index (χ2n) is 8.10. The van der Waals surface area contributed by atoms with Crippen LogP contribution in [-0.2, 0) is 4.79 Å². The van der Waals surface area contributed by atoms with Crippen LogP contribution in [0.5, 0.6) is 0 Å². The third-order valence-corrected chi connectivity index (χ3v) is 6.24. The Labute approximate surface area is 144 Å². The van der Waals surface area contributed by atoms with Crippen molar-refractivity contribution < 1.29 is 14.7 Å². The number of nitrogens with one attached hydrogen (secondary N) is 1. The summed E-state index contributed by atoms with van der Waals surface area (Å²) in [4.78, 5) is 28.7. The normalized spacial score (nSPS) is 34.0. The number of piperidine rings is 1. The molecular weight excluding hydrogens is 306 g/mol. The fourth-order valence-electron chi connectivity index (χ4n) is 4.47. The predicted molar refractivity (Wildman–Crippen MR) is 91.5 cm³/mol. The minimum Gasteiger partial charge on any atom is -0.390 e. The van der Waals surface area contributed by atoms with E-state index in [0.29, 0.717) is 6.54 Å². The summed E-state index contributed by atoms with van der Waals surface area (Å²) in [7, 11) is 0. The van der Waals surface area contributed by atoms with E-state index in [9.17, 15) is 14.7 Å². The predicted octanol–water partition coefficient (Wildman–Crippen LogP) is 1.58. The number of nitrogens with zero attached hydrogens (tertiary/aromatic N) is 2. The topological polar surface area (TPSA) is 72.9 Å². The van der Waals surface area contributed by atoms with Crippen LogP contribution in [0.1, 0.15) is 52.4 Å². The van der Waals surface area contributed by atoms with Crippen LogP contribution >= 0.6 is 0 Å². The number of β-amino-alcohol motifs (C(OH)–C–C–N with tert-alkyl or cyclic N) is 1. The number of rotatable bonds is 4. The SMILES string of the molecule is CC1CCN(C[C@H](O)CN2C(=O)N[C@@]3(CCCC[C@@H]3C)C2=O)CC1. The minimum atomic E-state index is -0.727. The molecule has 1 saturated carbocycles. The van der Waals surface area contributed by atoms with Gasteiger partial charge in [0.05, 0.1) is 12.6 Å². The molecule has 3 rings (SSSR count). The maximum Gasteiger partial charge on any atom is 0.325 e. The van der Waals surface area contributed by atoms with Crippen LogP contribution in [0.2, 0.25) is 0 Å². The molecule has 0 aromatic rings. The molecule has 136 valence electrons. The molecule has 0 unspecified atom stereocenters. The molecule has 24 heavy (non-hydrogen) atoms. The van der Waals surface area contributed by atoms with Gasteiger partial charge in [-0.2, -0.15) is 0 Å². The van der Waals surface area contributed by atoms with Crippen LogP contribution in [0.3, 0.4) is 0 Å². The molecule has 0 radical (unpaired) electrons. The highest BCUT2D eigenvalue weighted by Crippen LogP contribution is 2.38. The number of aliphatic hydroxyl groups is 1. The van der Waals surface area contributed by atoms with E-state index in [4.69, 9.17) is 0 Å². The fourth-order valence-corrected chi connectivity index (χ4v) is 4.47. The molecule has 0 aromatic carbocycles. The first-order valence-corrected chi connectivity index (χ1v) is 9.47. The summed E-state index contributed by atoms with van der Waals surface area (Å²) in [6.07, 6.45) is 5.39. The Hall–Kier alpha value is -1.14. The number of amides is 3. The van der Waals surface area contributed by atoms with E-state index in [1.54, 1.807) is 0 Å². The van der Waals surface area contributed by atoms with Crippen molar-refractivity contribution in [2.24, 2.45) is 11.8 Å². The van der Waals surface area contributed by atoms with Crippen LogP contribution in [0.4, 0.5) is 4.79 Å². The van der Waals surface area contributed by atoms with Crippen molar-refractivity contribution in [1.29, 1.82) is 0 Å². The number of carbonyl (C=O) groups is 2. The quantitative estimate of drug-likeness (QED) is 0.764. The summed E-state index contributed by atoms with van der Waals surface area (Å²) in [6.45, 7) is 6.91. The van der Waals surface area contributed by atoms with E-state index >= 15 is 0 Å². The van der Waals surface area contributed by atoms with Gasteiger partial charge in [0, 0.05) is 6.54 Å². The van der Waals surface area contributed by atoms with Crippen LogP contribution in [0.25, 0.3) is 0 Å². The second kappa shape index (κ2) is 7.00. The van der Waals surface area contributed by atoms with Gasteiger partial charge in [-0.25, -0.2) is 4.79 Å². The zero-order chi connectivity index (χ0) is 17.3. The van der Waals surface area contributed by atoms with Crippen molar-refractivity contribution in [2.45, 2.75) is 64.0 Å². The third-order valence-electron chi connectivity index (χ3n) is 6.24. The molecule has 2 aliphatic heterocycles. The van der Waals surface area contributed by atoms with Gasteiger partial charge in [-0.15, -0.1) is 0 Å². The number of likely N-dealkylation sites (tertiary alicyclic amines) is 1. The molecule has 3 atom stereocenters. The molecular formula is C18H31N3O3. The van der Waals surface area contributed by atoms with Crippen molar-refractivity contribution in [1.82, 2.24) is 15.1 Å². The van der Waals surface area contributed by atoms with E-state index in [1.165, 1.54) is 4.90 Å². The Morgan fingerprint density at radius 2 is 1.88 bits per heavy atom. The van der Waals surface area contributed by atoms with Gasteiger partial charge >= 0.3 is 6.03 Å². The van der Waals surface area contributed by atoms with E-state index in [0.717, 1.165) is 57.5 Å². The molecule has 1 spiro atoms. The van der Waals surface area contributed by atoms with Gasteiger partial charge in [-0.05, 0) is 50.6 Å². The smallest absolute Gasteiger partial charge is 0.325 e. The van der Waals surface area contributed by atoms with Gasteiger partial charge in [-0.3, -0.25) is 9.69 Å². The zero-order valence-electron chi connectivity index (χ0n) is 15.0. The molecule has 2 saturated heterocycles. The summed E-state index contributed by atoms with van der Waals surface area (Å²) in [5.74, 6) is 0.774. The summed E-state index contributed by atoms with van der Waals surface area (Å²) in [6, 6.07) is -0.333. The molecule has 2 N–H and O–H groups in total. The van der Waals surface area contributed by atoms with Gasteiger partial charge < -0.3 is 15.3 Å². The average molecular weight is 337 g/mol. The maximum atomic E-state index is 12.9. The number of carbonyl (C=O) groups excluding carboxylic acids is 2. The highest BCUT2D eigenvalue weighted by atomic mass is 16.3. The molecule has 3 amide bonds. The summed E-state index contributed by atoms with van der Waals surface area (Å²) < 4.78 is 0. The summed E-state index contributed by atoms with van der Waals surface area (Å²) in [5, 5.41) is 13.3. The Kier molecular flexibility index (Phi) is 5.16. The molecule has 3 fully saturated rings. The lowest BCUT2D eigenvalue weighted by atomic mass is 9.73. The van der Waals surface area contributed by atoms with E-state index in [-0.39, 0.29) is 24.4 Å². The lowest BCUT2D eigenvalue weighted by molar-refractivity contribution is -0.135. The highest BCUT2D eigenvalue weighted by Gasteiger charge is 2.55. The number of hydrogen-bond donors (Lipinski definition) is 2. The van der Waals surface area contributed by atoms with Gasteiger partial charge in [0.2, 0.25) is 0 Å². The first-order valence-electron chi connectivity index (χ1n) is 9.47. The molecule has 0 bridgehead atoms. The Morgan fingerprint density at radius 1 is 1.17 bits per heavy atom. The van der Waals surface area contributed by atoms with E-state index in [2.05, 4.69) is 17.1 Å². The van der Waals surface area contributed by atoms with Crippen molar-refractivity contribution in [2.75, 3.05) is 26.2 Å². The molecule has 6 nitrogen and oxygen atoms in total. The highest BCUT2D eigenvalue weighted by molar-refractivity contribution is 6.07. The van der Waals surface area contributed by atoms with E-state index in [1.807, 2.05) is 6.92 Å². The van der Waals surface area contributed by atoms with Crippen molar-refractivity contribution in [3.05, 3.63) is 0 Å². The lowest BCUT2D eigenvalue weighted by Crippen LogP contribution is -2.54. The van der Waals surface area contributed by atoms with Crippen molar-refractivity contribution in [3.8, 4) is 0 Å². The van der Waals surface area contributed by atoms with Gasteiger partial charge in [0.1, 0.15) is 5.54 Å². The van der Waals surface area contributed by atoms with Gasteiger partial charge in [0.15, 0.2) is 0 Å². The fraction of sp³-hybridized carbons (Fsp3) is 0.889. The van der Waals surface area contributed by atoms with Crippen LogP contribution in [-0.4, -0.2) is 64.7 Å². The van der Waals surface area contributed by atoms with Crippen molar-refractivity contribution in [3.63, 3.8) is 0 Å².